The Morgan fingerprint density at radius 2 is 1.55 bits per heavy atom. The van der Waals surface area contributed by atoms with Crippen LogP contribution < -0.4 is 15.5 Å². The first-order chi connectivity index (χ1) is 32.0. The van der Waals surface area contributed by atoms with Crippen LogP contribution in [0.3, 0.4) is 0 Å². The number of fused-ring (bicyclic) bond motifs is 4. The maximum Gasteiger partial charge on any atom is 0.264 e. The number of amides is 2. The monoisotopic (exact) mass is 923 g/mol. The number of benzene rings is 5. The van der Waals surface area contributed by atoms with Crippen LogP contribution in [0.15, 0.2) is 139 Å². The molecule has 11 heteroatoms. The Balaban J connectivity index is 0.932. The van der Waals surface area contributed by atoms with Crippen LogP contribution >= 0.6 is 0 Å². The summed E-state index contributed by atoms with van der Waals surface area (Å²) in [7, 11) is -4.02. The number of rotatable bonds is 19. The molecule has 0 aliphatic carbocycles. The maximum atomic E-state index is 14.9. The number of nitrogens with zero attached hydrogens (tertiary/aromatic N) is 2. The predicted octanol–water partition coefficient (Wildman–Crippen LogP) is 10.9. The van der Waals surface area contributed by atoms with Gasteiger partial charge in [0, 0.05) is 66.1 Å². The standard InChI is InChI=1S/C56H63FN4O5S/c1-7-60-48-30-26-40(37-52(62)58-32-16-17-33-59-54(63)39(2)43-27-29-44(47(57)38-43)41-20-10-8-11-21-41)36-46(48)55(3,4)50(60)24-12-9-13-25-51-56(5,6)53-45-23-15-14-22-42(45)28-31-49(53)61(51)34-18-19-35-67(64,65)66/h8-15,20-31,36,38-39H,7,16-19,32-35,37H2,1-6H3,(H2-,58,59,62,63,64,65,66)/p+1/t39-/m0/s1. The lowest BCUT2D eigenvalue weighted by atomic mass is 9.79. The molecular weight excluding hydrogens is 860 g/mol. The number of likely N-dealkylation sites (N-methyl/N-ethyl adjacent to an activating group) is 1. The molecule has 7 rings (SSSR count). The third-order valence-electron chi connectivity index (χ3n) is 13.4. The molecule has 0 aromatic heterocycles. The maximum absolute atomic E-state index is 14.9. The molecule has 67 heavy (non-hydrogen) atoms. The third-order valence-corrected chi connectivity index (χ3v) is 14.2. The molecule has 0 spiro atoms. The molecule has 2 heterocycles. The Labute approximate surface area is 396 Å². The summed E-state index contributed by atoms with van der Waals surface area (Å²) in [4.78, 5) is 28.3. The highest BCUT2D eigenvalue weighted by molar-refractivity contribution is 7.85. The largest absolute Gasteiger partial charge is 0.356 e. The molecule has 2 aliphatic heterocycles. The molecule has 2 amide bonds. The van der Waals surface area contributed by atoms with Gasteiger partial charge in [0.1, 0.15) is 12.4 Å². The number of allylic oxidation sites excluding steroid dienone is 6. The highest BCUT2D eigenvalue weighted by atomic mass is 32.2. The predicted molar refractivity (Wildman–Crippen MR) is 270 cm³/mol. The lowest BCUT2D eigenvalue weighted by Crippen LogP contribution is -2.30. The minimum absolute atomic E-state index is 0.0523. The Morgan fingerprint density at radius 1 is 0.821 bits per heavy atom. The molecule has 0 radical (unpaired) electrons. The smallest absolute Gasteiger partial charge is 0.264 e. The van der Waals surface area contributed by atoms with Gasteiger partial charge >= 0.3 is 0 Å². The highest BCUT2D eigenvalue weighted by Gasteiger charge is 2.45. The Hall–Kier alpha value is -6.17. The van der Waals surface area contributed by atoms with E-state index in [1.165, 1.54) is 33.7 Å². The molecule has 0 saturated heterocycles. The van der Waals surface area contributed by atoms with E-state index >= 15 is 0 Å². The van der Waals surface area contributed by atoms with Crippen LogP contribution in [0.4, 0.5) is 15.8 Å². The third kappa shape index (κ3) is 11.0. The van der Waals surface area contributed by atoms with Crippen LogP contribution in [-0.4, -0.2) is 67.0 Å². The summed E-state index contributed by atoms with van der Waals surface area (Å²) in [6, 6.07) is 33.3. The summed E-state index contributed by atoms with van der Waals surface area (Å²) in [5.74, 6) is -1.32. The molecule has 5 aromatic carbocycles. The van der Waals surface area contributed by atoms with E-state index in [2.05, 4.69) is 128 Å². The Bertz CT molecular complexity index is 2880. The number of unbranched alkanes of at least 4 members (excludes halogenated alkanes) is 2. The van der Waals surface area contributed by atoms with Crippen LogP contribution in [0, 0.1) is 5.82 Å². The van der Waals surface area contributed by atoms with Gasteiger partial charge in [-0.1, -0.05) is 111 Å². The average Bonchev–Trinajstić information content (AvgIpc) is 3.65. The summed E-state index contributed by atoms with van der Waals surface area (Å²) in [5, 5.41) is 8.38. The average molecular weight is 924 g/mol. The molecule has 1 atom stereocenters. The molecule has 9 nitrogen and oxygen atoms in total. The molecule has 350 valence electrons. The van der Waals surface area contributed by atoms with Gasteiger partial charge in [-0.3, -0.25) is 14.1 Å². The minimum atomic E-state index is -4.02. The number of hydrogen-bond acceptors (Lipinski definition) is 5. The number of hydrogen-bond donors (Lipinski definition) is 3. The zero-order chi connectivity index (χ0) is 47.9. The van der Waals surface area contributed by atoms with E-state index in [9.17, 15) is 27.0 Å². The quantitative estimate of drug-likeness (QED) is 0.0329. The van der Waals surface area contributed by atoms with Crippen molar-refractivity contribution in [2.45, 2.75) is 90.4 Å². The van der Waals surface area contributed by atoms with E-state index in [0.29, 0.717) is 56.4 Å². The molecule has 0 unspecified atom stereocenters. The van der Waals surface area contributed by atoms with E-state index in [1.54, 1.807) is 19.1 Å². The number of carbonyl (C=O) groups excluding carboxylic acids is 2. The Kier molecular flexibility index (Phi) is 15.1. The number of anilines is 1. The lowest BCUT2D eigenvalue weighted by molar-refractivity contribution is -0.438. The zero-order valence-electron chi connectivity index (χ0n) is 39.6. The summed E-state index contributed by atoms with van der Waals surface area (Å²) < 4.78 is 49.5. The van der Waals surface area contributed by atoms with Crippen LogP contribution in [0.1, 0.15) is 95.4 Å². The van der Waals surface area contributed by atoms with E-state index < -0.39 is 16.0 Å². The second-order valence-corrected chi connectivity index (χ2v) is 20.3. The van der Waals surface area contributed by atoms with Gasteiger partial charge in [0.2, 0.25) is 17.5 Å². The fraction of sp³-hybridized carbons (Fsp3) is 0.339. The Morgan fingerprint density at radius 3 is 2.28 bits per heavy atom. The van der Waals surface area contributed by atoms with Crippen molar-refractivity contribution in [3.8, 4) is 11.1 Å². The summed E-state index contributed by atoms with van der Waals surface area (Å²) in [6.07, 6.45) is 13.2. The van der Waals surface area contributed by atoms with Crippen molar-refractivity contribution in [3.05, 3.63) is 167 Å². The van der Waals surface area contributed by atoms with Crippen molar-refractivity contribution in [1.82, 2.24) is 10.6 Å². The highest BCUT2D eigenvalue weighted by Crippen LogP contribution is 2.48. The van der Waals surface area contributed by atoms with Gasteiger partial charge in [-0.2, -0.15) is 13.0 Å². The first-order valence-electron chi connectivity index (χ1n) is 23.5. The van der Waals surface area contributed by atoms with Gasteiger partial charge in [-0.15, -0.1) is 0 Å². The van der Waals surface area contributed by atoms with Crippen molar-refractivity contribution >= 4 is 49.8 Å². The van der Waals surface area contributed by atoms with E-state index in [0.717, 1.165) is 34.8 Å². The summed E-state index contributed by atoms with van der Waals surface area (Å²) in [5.41, 5.74) is 9.21. The first kappa shape index (κ1) is 48.8. The van der Waals surface area contributed by atoms with Gasteiger partial charge < -0.3 is 15.5 Å². The molecular formula is C56H64FN4O5S+. The lowest BCUT2D eigenvalue weighted by Gasteiger charge is -2.25. The molecule has 0 bridgehead atoms. The van der Waals surface area contributed by atoms with Gasteiger partial charge in [-0.05, 0) is 104 Å². The van der Waals surface area contributed by atoms with Crippen molar-refractivity contribution in [3.63, 3.8) is 0 Å². The zero-order valence-corrected chi connectivity index (χ0v) is 40.4. The fourth-order valence-corrected chi connectivity index (χ4v) is 10.3. The fourth-order valence-electron chi connectivity index (χ4n) is 9.76. The van der Waals surface area contributed by atoms with Crippen molar-refractivity contribution in [1.29, 1.82) is 0 Å². The first-order valence-corrected chi connectivity index (χ1v) is 25.1. The number of halogens is 1. The minimum Gasteiger partial charge on any atom is -0.356 e. The van der Waals surface area contributed by atoms with Crippen molar-refractivity contribution in [2.24, 2.45) is 0 Å². The molecule has 0 saturated carbocycles. The van der Waals surface area contributed by atoms with Gasteiger partial charge in [0.25, 0.3) is 10.1 Å². The van der Waals surface area contributed by atoms with Crippen molar-refractivity contribution in [2.75, 3.05) is 36.8 Å². The van der Waals surface area contributed by atoms with Crippen LogP contribution in [0.5, 0.6) is 0 Å². The van der Waals surface area contributed by atoms with Crippen LogP contribution in [0.2, 0.25) is 0 Å². The van der Waals surface area contributed by atoms with Crippen LogP contribution in [-0.2, 0) is 37.0 Å². The van der Waals surface area contributed by atoms with Crippen molar-refractivity contribution < 1.29 is 31.5 Å². The van der Waals surface area contributed by atoms with Gasteiger partial charge in [-0.25, -0.2) is 4.39 Å². The van der Waals surface area contributed by atoms with E-state index in [4.69, 9.17) is 0 Å². The van der Waals surface area contributed by atoms with Crippen LogP contribution in [0.25, 0.3) is 21.9 Å². The molecule has 0 fully saturated rings. The second kappa shape index (κ2) is 20.8. The number of nitrogens with one attached hydrogen (secondary N) is 2. The second-order valence-electron chi connectivity index (χ2n) is 18.7. The van der Waals surface area contributed by atoms with E-state index in [-0.39, 0.29) is 40.6 Å². The molecule has 3 N–H and O–H groups in total. The topological polar surface area (TPSA) is 119 Å². The molecule has 5 aromatic rings. The molecule has 2 aliphatic rings. The SMILES string of the molecule is CCN1/C(=C/C=C/C=C/C2=[N+](CCCCS(=O)(=O)O)c3ccc4ccccc4c3C2(C)C)C(C)(C)c2cc(CC(=O)NCCCCNC(=O)[C@@H](C)c3ccc(-c4ccccc4)c(F)c3)ccc21. The summed E-state index contributed by atoms with van der Waals surface area (Å²) >= 11 is 0. The normalized spacial score (nSPS) is 16.3. The van der Waals surface area contributed by atoms with Gasteiger partial charge in [0.05, 0.1) is 23.5 Å². The summed E-state index contributed by atoms with van der Waals surface area (Å²) in [6.45, 7) is 15.2. The number of carbonyl (C=O) groups is 2. The van der Waals surface area contributed by atoms with Gasteiger partial charge in [0.15, 0.2) is 5.71 Å². The van der Waals surface area contributed by atoms with E-state index in [1.807, 2.05) is 42.5 Å².